The number of hydrogen-bond acceptors (Lipinski definition) is 2. The molecule has 3 rings (SSSR count). The summed E-state index contributed by atoms with van der Waals surface area (Å²) >= 11 is 12.0. The van der Waals surface area contributed by atoms with Gasteiger partial charge < -0.3 is 5.11 Å². The number of para-hydroxylation sites is 1. The normalized spacial score (nSPS) is 11.3. The van der Waals surface area contributed by atoms with Crippen LogP contribution in [0.1, 0.15) is 11.3 Å². The average Bonchev–Trinajstić information content (AvgIpc) is 2.47. The van der Waals surface area contributed by atoms with Crippen LogP contribution in [0.25, 0.3) is 23.1 Å². The van der Waals surface area contributed by atoms with Crippen LogP contribution in [-0.4, -0.2) is 10.1 Å². The summed E-state index contributed by atoms with van der Waals surface area (Å²) in [5.74, 6) is 0.173. The predicted molar refractivity (Wildman–Crippen MR) is 88.8 cm³/mol. The van der Waals surface area contributed by atoms with Gasteiger partial charge in [-0.25, -0.2) is 4.98 Å². The van der Waals surface area contributed by atoms with Gasteiger partial charge >= 0.3 is 0 Å². The van der Waals surface area contributed by atoms with E-state index >= 15 is 0 Å². The number of aromatic nitrogens is 1. The number of aromatic hydroxyl groups is 1. The fourth-order valence-corrected chi connectivity index (χ4v) is 2.52. The molecule has 0 spiro atoms. The second kappa shape index (κ2) is 5.76. The number of halogens is 2. The standard InChI is InChI=1S/C17H11Cl2NO/c18-13-7-4-11(15(19)10-13)5-8-14-9-6-12-2-1-3-16(21)17(12)20-14/h1-10,21H/b8-5+. The molecule has 1 heterocycles. The van der Waals surface area contributed by atoms with Crippen LogP contribution in [0.5, 0.6) is 5.75 Å². The van der Waals surface area contributed by atoms with Crippen molar-refractivity contribution >= 4 is 46.3 Å². The minimum Gasteiger partial charge on any atom is -0.506 e. The molecule has 21 heavy (non-hydrogen) atoms. The highest BCUT2D eigenvalue weighted by atomic mass is 35.5. The minimum absolute atomic E-state index is 0.173. The van der Waals surface area contributed by atoms with Crippen LogP contribution in [-0.2, 0) is 0 Å². The van der Waals surface area contributed by atoms with Gasteiger partial charge in [-0.05, 0) is 35.9 Å². The van der Waals surface area contributed by atoms with E-state index in [0.29, 0.717) is 15.6 Å². The molecule has 0 aliphatic heterocycles. The van der Waals surface area contributed by atoms with Gasteiger partial charge in [-0.1, -0.05) is 53.5 Å². The van der Waals surface area contributed by atoms with Crippen molar-refractivity contribution in [2.45, 2.75) is 0 Å². The average molecular weight is 316 g/mol. The van der Waals surface area contributed by atoms with E-state index in [9.17, 15) is 5.11 Å². The molecule has 0 aliphatic carbocycles. The van der Waals surface area contributed by atoms with Gasteiger partial charge in [-0.15, -0.1) is 0 Å². The summed E-state index contributed by atoms with van der Waals surface area (Å²) in [5, 5.41) is 11.9. The number of phenols is 1. The first-order valence-corrected chi connectivity index (χ1v) is 7.11. The van der Waals surface area contributed by atoms with E-state index in [1.54, 1.807) is 24.3 Å². The summed E-state index contributed by atoms with van der Waals surface area (Å²) in [6.07, 6.45) is 3.72. The zero-order chi connectivity index (χ0) is 14.8. The Labute approximate surface area is 132 Å². The smallest absolute Gasteiger partial charge is 0.141 e. The molecule has 104 valence electrons. The van der Waals surface area contributed by atoms with Crippen LogP contribution in [0, 0.1) is 0 Å². The summed E-state index contributed by atoms with van der Waals surface area (Å²) in [6.45, 7) is 0. The van der Waals surface area contributed by atoms with Gasteiger partial charge in [0.05, 0.1) is 5.69 Å². The Morgan fingerprint density at radius 2 is 1.81 bits per heavy atom. The molecular formula is C17H11Cl2NO. The van der Waals surface area contributed by atoms with Crippen molar-refractivity contribution < 1.29 is 5.11 Å². The van der Waals surface area contributed by atoms with E-state index in [4.69, 9.17) is 23.2 Å². The lowest BCUT2D eigenvalue weighted by molar-refractivity contribution is 0.480. The van der Waals surface area contributed by atoms with Crippen molar-refractivity contribution in [3.05, 3.63) is 69.8 Å². The molecule has 4 heteroatoms. The number of rotatable bonds is 2. The number of nitrogens with zero attached hydrogens (tertiary/aromatic N) is 1. The third-order valence-electron chi connectivity index (χ3n) is 3.12. The summed E-state index contributed by atoms with van der Waals surface area (Å²) in [5.41, 5.74) is 2.19. The number of hydrogen-bond donors (Lipinski definition) is 1. The predicted octanol–water partition coefficient (Wildman–Crippen LogP) is 5.42. The zero-order valence-electron chi connectivity index (χ0n) is 10.9. The number of pyridine rings is 1. The Balaban J connectivity index is 1.97. The van der Waals surface area contributed by atoms with E-state index in [1.807, 2.05) is 36.4 Å². The van der Waals surface area contributed by atoms with Crippen LogP contribution in [0.2, 0.25) is 10.0 Å². The summed E-state index contributed by atoms with van der Waals surface area (Å²) in [4.78, 5) is 4.43. The molecule has 0 saturated carbocycles. The molecule has 2 nitrogen and oxygen atoms in total. The second-order valence-electron chi connectivity index (χ2n) is 4.58. The van der Waals surface area contributed by atoms with Crippen LogP contribution in [0.4, 0.5) is 0 Å². The van der Waals surface area contributed by atoms with E-state index in [0.717, 1.165) is 16.6 Å². The molecule has 0 fully saturated rings. The lowest BCUT2D eigenvalue weighted by atomic mass is 10.1. The highest BCUT2D eigenvalue weighted by Gasteiger charge is 2.02. The van der Waals surface area contributed by atoms with Gasteiger partial charge in [0.15, 0.2) is 0 Å². The Morgan fingerprint density at radius 3 is 2.62 bits per heavy atom. The first kappa shape index (κ1) is 13.9. The maximum absolute atomic E-state index is 9.83. The van der Waals surface area contributed by atoms with Crippen molar-refractivity contribution in [1.82, 2.24) is 4.98 Å². The van der Waals surface area contributed by atoms with E-state index in [2.05, 4.69) is 4.98 Å². The highest BCUT2D eigenvalue weighted by Crippen LogP contribution is 2.25. The number of phenolic OH excluding ortho intramolecular Hbond substituents is 1. The summed E-state index contributed by atoms with van der Waals surface area (Å²) in [7, 11) is 0. The molecule has 1 aromatic heterocycles. The van der Waals surface area contributed by atoms with Crippen molar-refractivity contribution in [3.63, 3.8) is 0 Å². The van der Waals surface area contributed by atoms with Gasteiger partial charge in [0.1, 0.15) is 11.3 Å². The van der Waals surface area contributed by atoms with Crippen LogP contribution in [0.3, 0.4) is 0 Å². The van der Waals surface area contributed by atoms with Crippen LogP contribution >= 0.6 is 23.2 Å². The zero-order valence-corrected chi connectivity index (χ0v) is 12.4. The van der Waals surface area contributed by atoms with Gasteiger partial charge in [0.2, 0.25) is 0 Å². The van der Waals surface area contributed by atoms with Crippen LogP contribution in [0.15, 0.2) is 48.5 Å². The molecule has 0 unspecified atom stereocenters. The molecule has 0 radical (unpaired) electrons. The Hall–Kier alpha value is -2.03. The highest BCUT2D eigenvalue weighted by molar-refractivity contribution is 6.35. The maximum atomic E-state index is 9.83. The molecule has 1 N–H and O–H groups in total. The van der Waals surface area contributed by atoms with E-state index < -0.39 is 0 Å². The number of fused-ring (bicyclic) bond motifs is 1. The second-order valence-corrected chi connectivity index (χ2v) is 5.43. The maximum Gasteiger partial charge on any atom is 0.141 e. The van der Waals surface area contributed by atoms with Gasteiger partial charge in [-0.3, -0.25) is 0 Å². The minimum atomic E-state index is 0.173. The topological polar surface area (TPSA) is 33.1 Å². The molecule has 2 aromatic carbocycles. The fourth-order valence-electron chi connectivity index (χ4n) is 2.05. The molecule has 0 saturated heterocycles. The summed E-state index contributed by atoms with van der Waals surface area (Å²) < 4.78 is 0. The number of benzene rings is 2. The van der Waals surface area contributed by atoms with E-state index in [1.165, 1.54) is 0 Å². The largest absolute Gasteiger partial charge is 0.506 e. The molecule has 0 aliphatic rings. The first-order chi connectivity index (χ1) is 10.1. The first-order valence-electron chi connectivity index (χ1n) is 6.35. The van der Waals surface area contributed by atoms with E-state index in [-0.39, 0.29) is 5.75 Å². The fraction of sp³-hybridized carbons (Fsp3) is 0. The molecule has 0 amide bonds. The molecule has 0 atom stereocenters. The third kappa shape index (κ3) is 3.02. The quantitative estimate of drug-likeness (QED) is 0.685. The molecule has 3 aromatic rings. The van der Waals surface area contributed by atoms with Crippen molar-refractivity contribution in [2.75, 3.05) is 0 Å². The SMILES string of the molecule is Oc1cccc2ccc(/C=C/c3ccc(Cl)cc3Cl)nc12. The summed E-state index contributed by atoms with van der Waals surface area (Å²) in [6, 6.07) is 14.5. The van der Waals surface area contributed by atoms with Gasteiger partial charge in [0, 0.05) is 15.4 Å². The van der Waals surface area contributed by atoms with Crippen molar-refractivity contribution in [1.29, 1.82) is 0 Å². The van der Waals surface area contributed by atoms with Gasteiger partial charge in [-0.2, -0.15) is 0 Å². The lowest BCUT2D eigenvalue weighted by Gasteiger charge is -2.02. The molecule has 0 bridgehead atoms. The Kier molecular flexibility index (Phi) is 3.82. The Morgan fingerprint density at radius 1 is 0.952 bits per heavy atom. The Bertz CT molecular complexity index is 843. The molecular weight excluding hydrogens is 305 g/mol. The third-order valence-corrected chi connectivity index (χ3v) is 3.68. The van der Waals surface area contributed by atoms with Crippen molar-refractivity contribution in [2.24, 2.45) is 0 Å². The van der Waals surface area contributed by atoms with Gasteiger partial charge in [0.25, 0.3) is 0 Å². The van der Waals surface area contributed by atoms with Crippen molar-refractivity contribution in [3.8, 4) is 5.75 Å². The monoisotopic (exact) mass is 315 g/mol. The lowest BCUT2D eigenvalue weighted by Crippen LogP contribution is -1.84. The van der Waals surface area contributed by atoms with Crippen LogP contribution < -0.4 is 0 Å².